The third-order valence-electron chi connectivity index (χ3n) is 6.65. The van der Waals surface area contributed by atoms with Crippen molar-refractivity contribution in [3.63, 3.8) is 0 Å². The van der Waals surface area contributed by atoms with Crippen molar-refractivity contribution >= 4 is 58.3 Å². The van der Waals surface area contributed by atoms with Gasteiger partial charge in [0.25, 0.3) is 0 Å². The molecule has 0 atom stereocenters. The SMILES string of the molecule is COc1ccc(CN(Cc2ccc(OC)cc2)C(=S)[S-])cc1.COc1ccc(CN(Cc2ccc(OC)cc2)C(=S)[S-])cc1.[Cu+2]. The molecular weight excluding hydrogens is 692 g/mol. The van der Waals surface area contributed by atoms with Crippen LogP contribution in [-0.4, -0.2) is 46.9 Å². The van der Waals surface area contributed by atoms with Crippen LogP contribution >= 0.6 is 24.4 Å². The Bertz CT molecular complexity index is 1240. The Morgan fingerprint density at radius 3 is 0.756 bits per heavy atom. The number of rotatable bonds is 12. The van der Waals surface area contributed by atoms with Gasteiger partial charge in [0.2, 0.25) is 0 Å². The van der Waals surface area contributed by atoms with Gasteiger partial charge in [-0.05, 0) is 70.8 Å². The Kier molecular flexibility index (Phi) is 16.9. The zero-order chi connectivity index (χ0) is 31.9. The largest absolute Gasteiger partial charge is 2.00 e. The molecule has 0 saturated heterocycles. The quantitative estimate of drug-likeness (QED) is 0.0861. The van der Waals surface area contributed by atoms with Gasteiger partial charge in [-0.3, -0.25) is 0 Å². The fourth-order valence-corrected chi connectivity index (χ4v) is 4.69. The summed E-state index contributed by atoms with van der Waals surface area (Å²) in [6, 6.07) is 31.7. The third kappa shape index (κ3) is 13.0. The van der Waals surface area contributed by atoms with Crippen molar-refractivity contribution in [2.45, 2.75) is 26.2 Å². The molecule has 0 aliphatic heterocycles. The molecule has 0 N–H and O–H groups in total. The van der Waals surface area contributed by atoms with Gasteiger partial charge in [-0.1, -0.05) is 57.2 Å². The summed E-state index contributed by atoms with van der Waals surface area (Å²) < 4.78 is 21.6. The standard InChI is InChI=1S/2C17H19NO2S2.Cu/c2*1-19-15-7-3-13(4-8-15)11-18(17(21)22)12-14-5-9-16(20-2)10-6-14;/h2*3-10H,11-12H2,1-2H3,(H,21,22);/q;;+2/p-2. The molecule has 0 aliphatic rings. The van der Waals surface area contributed by atoms with E-state index < -0.39 is 0 Å². The fourth-order valence-electron chi connectivity index (χ4n) is 4.18. The van der Waals surface area contributed by atoms with E-state index in [2.05, 4.69) is 0 Å². The van der Waals surface area contributed by atoms with E-state index >= 15 is 0 Å². The molecule has 241 valence electrons. The first-order chi connectivity index (χ1) is 21.2. The summed E-state index contributed by atoms with van der Waals surface area (Å²) in [7, 11) is 6.62. The van der Waals surface area contributed by atoms with Crippen molar-refractivity contribution < 1.29 is 36.0 Å². The third-order valence-corrected chi connectivity index (χ3v) is 7.68. The number of ether oxygens (including phenoxy) is 4. The smallest absolute Gasteiger partial charge is 0.497 e. The molecule has 0 fully saturated rings. The summed E-state index contributed by atoms with van der Waals surface area (Å²) >= 11 is 20.8. The molecule has 4 aromatic rings. The van der Waals surface area contributed by atoms with Gasteiger partial charge in [0.1, 0.15) is 23.0 Å². The van der Waals surface area contributed by atoms with Crippen molar-refractivity contribution in [2.75, 3.05) is 28.4 Å². The molecule has 4 aromatic carbocycles. The van der Waals surface area contributed by atoms with Gasteiger partial charge in [-0.2, -0.15) is 0 Å². The Morgan fingerprint density at radius 2 is 0.622 bits per heavy atom. The van der Waals surface area contributed by atoms with Gasteiger partial charge in [-0.25, -0.2) is 0 Å². The maximum Gasteiger partial charge on any atom is 2.00 e. The van der Waals surface area contributed by atoms with Gasteiger partial charge in [0.15, 0.2) is 0 Å². The van der Waals surface area contributed by atoms with Crippen LogP contribution in [0.4, 0.5) is 0 Å². The molecule has 6 nitrogen and oxygen atoms in total. The van der Waals surface area contributed by atoms with Crippen LogP contribution in [0.3, 0.4) is 0 Å². The predicted molar refractivity (Wildman–Crippen MR) is 190 cm³/mol. The molecule has 0 saturated carbocycles. The summed E-state index contributed by atoms with van der Waals surface area (Å²) in [5.41, 5.74) is 4.56. The summed E-state index contributed by atoms with van der Waals surface area (Å²) in [5.74, 6) is 3.36. The average Bonchev–Trinajstić information content (AvgIpc) is 3.05. The maximum atomic E-state index is 5.20. The van der Waals surface area contributed by atoms with E-state index in [4.69, 9.17) is 68.6 Å². The molecule has 1 radical (unpaired) electrons. The Hall–Kier alpha value is -3.18. The van der Waals surface area contributed by atoms with Gasteiger partial charge in [0, 0.05) is 26.2 Å². The summed E-state index contributed by atoms with van der Waals surface area (Å²) in [6.45, 7) is 2.72. The van der Waals surface area contributed by atoms with Crippen molar-refractivity contribution in [1.29, 1.82) is 0 Å². The van der Waals surface area contributed by atoms with E-state index in [0.717, 1.165) is 45.3 Å². The number of hydrogen-bond donors (Lipinski definition) is 0. The summed E-state index contributed by atoms with van der Waals surface area (Å²) in [4.78, 5) is 3.99. The molecule has 0 aliphatic carbocycles. The zero-order valence-electron chi connectivity index (χ0n) is 25.5. The predicted octanol–water partition coefficient (Wildman–Crippen LogP) is 7.07. The van der Waals surface area contributed by atoms with Crippen LogP contribution in [0.1, 0.15) is 22.3 Å². The van der Waals surface area contributed by atoms with Gasteiger partial charge >= 0.3 is 17.1 Å². The van der Waals surface area contributed by atoms with E-state index in [1.54, 1.807) is 28.4 Å². The molecule has 0 unspecified atom stereocenters. The first kappa shape index (κ1) is 38.0. The Balaban J connectivity index is 0.000000307. The number of thiocarbonyl (C=S) groups is 2. The Morgan fingerprint density at radius 1 is 0.444 bits per heavy atom. The molecule has 0 bridgehead atoms. The van der Waals surface area contributed by atoms with E-state index in [1.807, 2.05) is 107 Å². The van der Waals surface area contributed by atoms with Crippen molar-refractivity contribution in [2.24, 2.45) is 0 Å². The first-order valence-electron chi connectivity index (χ1n) is 13.7. The topological polar surface area (TPSA) is 43.4 Å². The summed E-state index contributed by atoms with van der Waals surface area (Å²) in [5, 5.41) is 0. The monoisotopic (exact) mass is 727 g/mol. The van der Waals surface area contributed by atoms with E-state index in [9.17, 15) is 0 Å². The second kappa shape index (κ2) is 20.0. The van der Waals surface area contributed by atoms with Crippen LogP contribution in [0, 0.1) is 0 Å². The second-order valence-corrected chi connectivity index (χ2v) is 11.7. The first-order valence-corrected chi connectivity index (χ1v) is 15.3. The van der Waals surface area contributed by atoms with Crippen LogP contribution in [0.5, 0.6) is 23.0 Å². The van der Waals surface area contributed by atoms with Crippen LogP contribution < -0.4 is 18.9 Å². The van der Waals surface area contributed by atoms with Gasteiger partial charge < -0.3 is 78.4 Å². The summed E-state index contributed by atoms with van der Waals surface area (Å²) in [6.07, 6.45) is 0. The normalized spacial score (nSPS) is 9.87. The molecular formula is C34H36CuN2O4S4. The van der Waals surface area contributed by atoms with E-state index in [-0.39, 0.29) is 17.1 Å². The van der Waals surface area contributed by atoms with E-state index in [0.29, 0.717) is 34.8 Å². The molecule has 45 heavy (non-hydrogen) atoms. The second-order valence-electron chi connectivity index (χ2n) is 9.64. The number of hydrogen-bond acceptors (Lipinski definition) is 8. The van der Waals surface area contributed by atoms with E-state index in [1.165, 1.54) is 0 Å². The molecule has 11 heteroatoms. The van der Waals surface area contributed by atoms with Crippen molar-refractivity contribution in [1.82, 2.24) is 9.80 Å². The van der Waals surface area contributed by atoms with Crippen LogP contribution in [-0.2, 0) is 68.5 Å². The fraction of sp³-hybridized carbons (Fsp3) is 0.235. The average molecular weight is 728 g/mol. The molecule has 0 amide bonds. The minimum atomic E-state index is 0. The Labute approximate surface area is 299 Å². The molecule has 0 spiro atoms. The maximum absolute atomic E-state index is 5.20. The number of nitrogens with zero attached hydrogens (tertiary/aromatic N) is 2. The van der Waals surface area contributed by atoms with Crippen LogP contribution in [0.25, 0.3) is 0 Å². The van der Waals surface area contributed by atoms with Crippen molar-refractivity contribution in [3.8, 4) is 23.0 Å². The molecule has 4 rings (SSSR count). The van der Waals surface area contributed by atoms with Crippen molar-refractivity contribution in [3.05, 3.63) is 119 Å². The minimum Gasteiger partial charge on any atom is -0.497 e. The van der Waals surface area contributed by atoms with Crippen LogP contribution in [0.2, 0.25) is 0 Å². The number of methoxy groups -OCH3 is 4. The minimum absolute atomic E-state index is 0. The van der Waals surface area contributed by atoms with Gasteiger partial charge in [0.05, 0.1) is 28.4 Å². The van der Waals surface area contributed by atoms with Crippen LogP contribution in [0.15, 0.2) is 97.1 Å². The molecule has 0 heterocycles. The zero-order valence-corrected chi connectivity index (χ0v) is 29.7. The van der Waals surface area contributed by atoms with Gasteiger partial charge in [-0.15, -0.1) is 0 Å². The molecule has 0 aromatic heterocycles. The number of benzene rings is 4.